The Morgan fingerprint density at radius 3 is 2.42 bits per heavy atom. The fraction of sp³-hybridized carbons (Fsp3) is 0.200. The Hall–Kier alpha value is -3.78. The predicted molar refractivity (Wildman–Crippen MR) is 125 cm³/mol. The molecule has 0 saturated carbocycles. The van der Waals surface area contributed by atoms with Gasteiger partial charge in [-0.05, 0) is 43.2 Å². The van der Waals surface area contributed by atoms with Crippen LogP contribution in [-0.4, -0.2) is 30.2 Å². The second-order valence-electron chi connectivity index (χ2n) is 7.33. The van der Waals surface area contributed by atoms with Crippen LogP contribution in [0.3, 0.4) is 0 Å². The quantitative estimate of drug-likeness (QED) is 0.544. The number of hydrogen-bond donors (Lipinski definition) is 0. The number of aromatic nitrogens is 1. The summed E-state index contributed by atoms with van der Waals surface area (Å²) in [4.78, 5) is 43.0. The highest BCUT2D eigenvalue weighted by Crippen LogP contribution is 2.30. The van der Waals surface area contributed by atoms with Crippen LogP contribution in [0.2, 0.25) is 0 Å². The highest BCUT2D eigenvalue weighted by Gasteiger charge is 2.33. The van der Waals surface area contributed by atoms with Crippen molar-refractivity contribution in [2.24, 2.45) is 4.99 Å². The number of nitrogens with zero attached hydrogens (tertiary/aromatic N) is 2. The maximum atomic E-state index is 13.5. The molecule has 0 amide bonds. The summed E-state index contributed by atoms with van der Waals surface area (Å²) < 4.78 is 12.0. The summed E-state index contributed by atoms with van der Waals surface area (Å²) in [5.41, 5.74) is 2.60. The second-order valence-corrected chi connectivity index (χ2v) is 8.34. The van der Waals surface area contributed by atoms with E-state index in [9.17, 15) is 14.4 Å². The number of thiazole rings is 1. The van der Waals surface area contributed by atoms with Gasteiger partial charge in [-0.2, -0.15) is 0 Å². The Kier molecular flexibility index (Phi) is 6.37. The molecule has 3 aromatic rings. The lowest BCUT2D eigenvalue weighted by Gasteiger charge is -2.24. The molecule has 0 fully saturated rings. The lowest BCUT2D eigenvalue weighted by Crippen LogP contribution is -2.39. The van der Waals surface area contributed by atoms with Gasteiger partial charge in [-0.15, -0.1) is 0 Å². The number of esters is 2. The number of ether oxygens (including phenoxy) is 2. The summed E-state index contributed by atoms with van der Waals surface area (Å²) in [6.45, 7) is 3.72. The molecule has 0 radical (unpaired) electrons. The Bertz CT molecular complexity index is 1420. The number of hydrogen-bond acceptors (Lipinski definition) is 7. The normalized spacial score (nSPS) is 15.6. The highest BCUT2D eigenvalue weighted by molar-refractivity contribution is 7.07. The fourth-order valence-electron chi connectivity index (χ4n) is 3.73. The molecule has 0 N–H and O–H groups in total. The SMILES string of the molecule is CCOC(=O)C1=C(C)N=c2s/c(=C\c3ccc(C(=O)OC)cc3)c(=O)n2C1c1ccccc1. The molecule has 8 heteroatoms. The van der Waals surface area contributed by atoms with E-state index in [1.807, 2.05) is 30.3 Å². The molecule has 2 heterocycles. The van der Waals surface area contributed by atoms with Crippen molar-refractivity contribution in [3.63, 3.8) is 0 Å². The van der Waals surface area contributed by atoms with Gasteiger partial charge in [-0.1, -0.05) is 53.8 Å². The molecule has 0 saturated heterocycles. The van der Waals surface area contributed by atoms with Crippen molar-refractivity contribution in [3.8, 4) is 0 Å². The minimum atomic E-state index is -0.634. The molecule has 4 rings (SSSR count). The number of benzene rings is 2. The summed E-state index contributed by atoms with van der Waals surface area (Å²) in [6.07, 6.45) is 1.75. The molecule has 33 heavy (non-hydrogen) atoms. The standard InChI is InChI=1S/C25H22N2O5S/c1-4-32-24(30)20-15(2)26-25-27(21(20)17-8-6-5-7-9-17)22(28)19(33-25)14-16-10-12-18(13-11-16)23(29)31-3/h5-14,21H,4H2,1-3H3/b19-14-. The van der Waals surface area contributed by atoms with Gasteiger partial charge >= 0.3 is 11.9 Å². The van der Waals surface area contributed by atoms with E-state index in [1.54, 1.807) is 48.8 Å². The third-order valence-corrected chi connectivity index (χ3v) is 6.24. The first-order valence-corrected chi connectivity index (χ1v) is 11.2. The first kappa shape index (κ1) is 22.4. The lowest BCUT2D eigenvalue weighted by atomic mass is 9.96. The van der Waals surface area contributed by atoms with Crippen LogP contribution in [0.4, 0.5) is 0 Å². The first-order chi connectivity index (χ1) is 15.9. The highest BCUT2D eigenvalue weighted by atomic mass is 32.1. The van der Waals surface area contributed by atoms with E-state index in [4.69, 9.17) is 9.47 Å². The Labute approximate surface area is 193 Å². The predicted octanol–water partition coefficient (Wildman–Crippen LogP) is 2.58. The van der Waals surface area contributed by atoms with Crippen molar-refractivity contribution >= 4 is 29.4 Å². The third kappa shape index (κ3) is 4.29. The van der Waals surface area contributed by atoms with Crippen LogP contribution in [-0.2, 0) is 14.3 Å². The molecule has 168 valence electrons. The minimum absolute atomic E-state index is 0.225. The minimum Gasteiger partial charge on any atom is -0.465 e. The van der Waals surface area contributed by atoms with Crippen LogP contribution in [0.1, 0.15) is 41.4 Å². The van der Waals surface area contributed by atoms with Gasteiger partial charge in [-0.3, -0.25) is 9.36 Å². The van der Waals surface area contributed by atoms with Crippen LogP contribution in [0.5, 0.6) is 0 Å². The summed E-state index contributed by atoms with van der Waals surface area (Å²) in [7, 11) is 1.33. The van der Waals surface area contributed by atoms with E-state index < -0.39 is 18.0 Å². The van der Waals surface area contributed by atoms with Gasteiger partial charge in [0.2, 0.25) is 0 Å². The second kappa shape index (κ2) is 9.38. The van der Waals surface area contributed by atoms with Crippen LogP contribution in [0.15, 0.2) is 75.7 Å². The van der Waals surface area contributed by atoms with Crippen molar-refractivity contribution < 1.29 is 19.1 Å². The molecule has 1 aliphatic heterocycles. The number of carbonyl (C=O) groups is 2. The van der Waals surface area contributed by atoms with E-state index in [1.165, 1.54) is 18.4 Å². The van der Waals surface area contributed by atoms with Gasteiger partial charge in [0.15, 0.2) is 4.80 Å². The van der Waals surface area contributed by atoms with Crippen molar-refractivity contribution in [2.45, 2.75) is 19.9 Å². The zero-order valence-corrected chi connectivity index (χ0v) is 19.2. The van der Waals surface area contributed by atoms with Crippen LogP contribution in [0, 0.1) is 0 Å². The molecular formula is C25H22N2O5S. The van der Waals surface area contributed by atoms with Crippen molar-refractivity contribution in [2.75, 3.05) is 13.7 Å². The number of carbonyl (C=O) groups excluding carboxylic acids is 2. The van der Waals surface area contributed by atoms with Crippen LogP contribution < -0.4 is 14.9 Å². The molecule has 0 spiro atoms. The average Bonchev–Trinajstić information content (AvgIpc) is 3.13. The van der Waals surface area contributed by atoms with E-state index in [2.05, 4.69) is 4.99 Å². The zero-order valence-electron chi connectivity index (χ0n) is 18.4. The monoisotopic (exact) mass is 462 g/mol. The molecular weight excluding hydrogens is 440 g/mol. The summed E-state index contributed by atoms with van der Waals surface area (Å²) in [6, 6.07) is 15.5. The van der Waals surface area contributed by atoms with Gasteiger partial charge in [-0.25, -0.2) is 14.6 Å². The molecule has 0 aliphatic carbocycles. The van der Waals surface area contributed by atoms with E-state index in [0.29, 0.717) is 26.2 Å². The smallest absolute Gasteiger partial charge is 0.338 e. The topological polar surface area (TPSA) is 87.0 Å². The van der Waals surface area contributed by atoms with E-state index in [-0.39, 0.29) is 12.2 Å². The number of fused-ring (bicyclic) bond motifs is 1. The summed E-state index contributed by atoms with van der Waals surface area (Å²) in [5.74, 6) is -0.911. The molecule has 7 nitrogen and oxygen atoms in total. The van der Waals surface area contributed by atoms with Gasteiger partial charge in [0.1, 0.15) is 0 Å². The molecule has 1 aliphatic rings. The number of rotatable bonds is 5. The van der Waals surface area contributed by atoms with E-state index in [0.717, 1.165) is 11.1 Å². The zero-order chi connectivity index (χ0) is 23.5. The molecule has 1 aromatic heterocycles. The van der Waals surface area contributed by atoms with Gasteiger partial charge in [0.05, 0.1) is 41.1 Å². The maximum Gasteiger partial charge on any atom is 0.338 e. The Morgan fingerprint density at radius 2 is 1.79 bits per heavy atom. The van der Waals surface area contributed by atoms with Crippen molar-refractivity contribution in [1.82, 2.24) is 4.57 Å². The van der Waals surface area contributed by atoms with Gasteiger partial charge in [0, 0.05) is 0 Å². The molecule has 2 aromatic carbocycles. The fourth-order valence-corrected chi connectivity index (χ4v) is 4.77. The molecule has 1 atom stereocenters. The number of methoxy groups -OCH3 is 1. The van der Waals surface area contributed by atoms with Crippen LogP contribution >= 0.6 is 11.3 Å². The third-order valence-electron chi connectivity index (χ3n) is 5.26. The number of allylic oxidation sites excluding steroid dienone is 1. The Balaban J connectivity index is 1.87. The van der Waals surface area contributed by atoms with Gasteiger partial charge in [0.25, 0.3) is 5.56 Å². The summed E-state index contributed by atoms with van der Waals surface area (Å²) in [5, 5.41) is 0. The lowest BCUT2D eigenvalue weighted by molar-refractivity contribution is -0.139. The van der Waals surface area contributed by atoms with Gasteiger partial charge < -0.3 is 9.47 Å². The van der Waals surface area contributed by atoms with E-state index >= 15 is 0 Å². The van der Waals surface area contributed by atoms with Crippen LogP contribution in [0.25, 0.3) is 6.08 Å². The Morgan fingerprint density at radius 1 is 1.09 bits per heavy atom. The van der Waals surface area contributed by atoms with Crippen molar-refractivity contribution in [3.05, 3.63) is 102 Å². The van der Waals surface area contributed by atoms with Crippen molar-refractivity contribution in [1.29, 1.82) is 0 Å². The average molecular weight is 463 g/mol. The maximum absolute atomic E-state index is 13.5. The largest absolute Gasteiger partial charge is 0.465 e. The first-order valence-electron chi connectivity index (χ1n) is 10.4. The molecule has 0 bridgehead atoms. The summed E-state index contributed by atoms with van der Waals surface area (Å²) >= 11 is 1.25. The molecule has 1 unspecified atom stereocenters.